The molecule has 1 saturated heterocycles. The van der Waals surface area contributed by atoms with Gasteiger partial charge >= 0.3 is 6.03 Å². The summed E-state index contributed by atoms with van der Waals surface area (Å²) in [6.45, 7) is 1.63. The van der Waals surface area contributed by atoms with E-state index in [4.69, 9.17) is 10.5 Å². The summed E-state index contributed by atoms with van der Waals surface area (Å²) in [5, 5.41) is 5.09. The van der Waals surface area contributed by atoms with Crippen LogP contribution in [0, 0.1) is 0 Å². The van der Waals surface area contributed by atoms with E-state index in [9.17, 15) is 9.59 Å². The maximum atomic E-state index is 10.9. The molecule has 3 amide bonds. The van der Waals surface area contributed by atoms with Crippen molar-refractivity contribution in [3.63, 3.8) is 0 Å². The van der Waals surface area contributed by atoms with Gasteiger partial charge in [-0.1, -0.05) is 0 Å². The van der Waals surface area contributed by atoms with Crippen molar-refractivity contribution in [2.45, 2.75) is 18.9 Å². The van der Waals surface area contributed by atoms with Gasteiger partial charge in [0.2, 0.25) is 0 Å². The minimum atomic E-state index is -0.847. The molecule has 1 rings (SSSR count). The van der Waals surface area contributed by atoms with Crippen LogP contribution in [0.1, 0.15) is 12.8 Å². The van der Waals surface area contributed by atoms with E-state index < -0.39 is 11.9 Å². The molecular formula is C8H15N3O3. The van der Waals surface area contributed by atoms with Gasteiger partial charge in [-0.3, -0.25) is 10.1 Å². The average Bonchev–Trinajstić information content (AvgIpc) is 2.15. The molecule has 0 aromatic carbocycles. The third-order valence-corrected chi connectivity index (χ3v) is 1.96. The third kappa shape index (κ3) is 4.20. The van der Waals surface area contributed by atoms with E-state index >= 15 is 0 Å². The molecule has 6 nitrogen and oxygen atoms in total. The second-order valence-corrected chi connectivity index (χ2v) is 3.19. The van der Waals surface area contributed by atoms with Gasteiger partial charge in [-0.15, -0.1) is 0 Å². The number of nitrogens with one attached hydrogen (secondary N) is 2. The van der Waals surface area contributed by atoms with Gasteiger partial charge < -0.3 is 15.8 Å². The number of nitrogens with two attached hydrogens (primary N) is 1. The number of primary amides is 1. The third-order valence-electron chi connectivity index (χ3n) is 1.96. The lowest BCUT2D eigenvalue weighted by Crippen LogP contribution is -2.41. The number of carbonyl (C=O) groups is 2. The summed E-state index contributed by atoms with van der Waals surface area (Å²) in [5.41, 5.74) is 4.76. The van der Waals surface area contributed by atoms with E-state index in [0.29, 0.717) is 0 Å². The Hall–Kier alpha value is -1.14. The summed E-state index contributed by atoms with van der Waals surface area (Å²) in [5.74, 6) is -0.497. The molecule has 14 heavy (non-hydrogen) atoms. The molecule has 1 atom stereocenters. The van der Waals surface area contributed by atoms with Gasteiger partial charge in [0.15, 0.2) is 0 Å². The Morgan fingerprint density at radius 1 is 1.57 bits per heavy atom. The van der Waals surface area contributed by atoms with Gasteiger partial charge in [0.1, 0.15) is 6.61 Å². The molecule has 1 fully saturated rings. The molecule has 80 valence electrons. The summed E-state index contributed by atoms with van der Waals surface area (Å²) in [6, 6.07) is -0.847. The summed E-state index contributed by atoms with van der Waals surface area (Å²) < 4.78 is 5.26. The van der Waals surface area contributed by atoms with Crippen LogP contribution >= 0.6 is 0 Å². The van der Waals surface area contributed by atoms with E-state index in [-0.39, 0.29) is 12.7 Å². The molecule has 0 aliphatic carbocycles. The maximum Gasteiger partial charge on any atom is 0.318 e. The monoisotopic (exact) mass is 201 g/mol. The molecular weight excluding hydrogens is 186 g/mol. The van der Waals surface area contributed by atoms with E-state index in [1.165, 1.54) is 0 Å². The Labute approximate surface area is 82.2 Å². The fraction of sp³-hybridized carbons (Fsp3) is 0.750. The van der Waals surface area contributed by atoms with E-state index in [0.717, 1.165) is 25.9 Å². The SMILES string of the molecule is NC(=O)NC(=O)CO[C@H]1CCCNC1. The van der Waals surface area contributed by atoms with Crippen LogP contribution in [-0.4, -0.2) is 37.7 Å². The van der Waals surface area contributed by atoms with Crippen LogP contribution in [-0.2, 0) is 9.53 Å². The van der Waals surface area contributed by atoms with Gasteiger partial charge in [0.05, 0.1) is 6.10 Å². The molecule has 1 heterocycles. The number of rotatable bonds is 3. The van der Waals surface area contributed by atoms with Crippen LogP contribution in [0.25, 0.3) is 0 Å². The number of urea groups is 1. The van der Waals surface area contributed by atoms with Gasteiger partial charge in [0, 0.05) is 6.54 Å². The lowest BCUT2D eigenvalue weighted by atomic mass is 10.1. The Balaban J connectivity index is 2.12. The zero-order valence-corrected chi connectivity index (χ0v) is 7.91. The van der Waals surface area contributed by atoms with Crippen LogP contribution in [0.2, 0.25) is 0 Å². The zero-order valence-electron chi connectivity index (χ0n) is 7.91. The highest BCUT2D eigenvalue weighted by Crippen LogP contribution is 2.05. The largest absolute Gasteiger partial charge is 0.367 e. The minimum Gasteiger partial charge on any atom is -0.367 e. The number of piperidine rings is 1. The highest BCUT2D eigenvalue weighted by molar-refractivity contribution is 5.94. The lowest BCUT2D eigenvalue weighted by Gasteiger charge is -2.22. The van der Waals surface area contributed by atoms with E-state index in [1.54, 1.807) is 0 Å². The summed E-state index contributed by atoms with van der Waals surface area (Å²) in [4.78, 5) is 21.2. The summed E-state index contributed by atoms with van der Waals surface area (Å²) in [7, 11) is 0. The molecule has 0 aromatic rings. The molecule has 1 aliphatic heterocycles. The first-order valence-electron chi connectivity index (χ1n) is 4.60. The molecule has 0 saturated carbocycles. The highest BCUT2D eigenvalue weighted by atomic mass is 16.5. The van der Waals surface area contributed by atoms with Crippen LogP contribution in [0.4, 0.5) is 4.79 Å². The quantitative estimate of drug-likeness (QED) is 0.543. The summed E-state index contributed by atoms with van der Waals surface area (Å²) >= 11 is 0. The van der Waals surface area contributed by atoms with Crippen LogP contribution < -0.4 is 16.4 Å². The molecule has 6 heteroatoms. The van der Waals surface area contributed by atoms with E-state index in [2.05, 4.69) is 5.32 Å². The summed E-state index contributed by atoms with van der Waals surface area (Å²) in [6.07, 6.45) is 2.04. The van der Waals surface area contributed by atoms with Crippen LogP contribution in [0.3, 0.4) is 0 Å². The standard InChI is InChI=1S/C8H15N3O3/c9-8(13)11-7(12)5-14-6-2-1-3-10-4-6/h6,10H,1-5H2,(H3,9,11,12,13)/t6-/m0/s1. The van der Waals surface area contributed by atoms with Crippen molar-refractivity contribution in [1.82, 2.24) is 10.6 Å². The number of hydrogen-bond donors (Lipinski definition) is 3. The van der Waals surface area contributed by atoms with Gasteiger partial charge in [-0.25, -0.2) is 4.79 Å². The fourth-order valence-electron chi connectivity index (χ4n) is 1.33. The highest BCUT2D eigenvalue weighted by Gasteiger charge is 2.14. The normalized spacial score (nSPS) is 21.6. The Morgan fingerprint density at radius 3 is 2.93 bits per heavy atom. The number of hydrogen-bond acceptors (Lipinski definition) is 4. The first kappa shape index (κ1) is 10.9. The van der Waals surface area contributed by atoms with Crippen molar-refractivity contribution in [2.75, 3.05) is 19.7 Å². The predicted molar refractivity (Wildman–Crippen MR) is 49.6 cm³/mol. The molecule has 0 spiro atoms. The average molecular weight is 201 g/mol. The Bertz CT molecular complexity index is 214. The van der Waals surface area contributed by atoms with Crippen LogP contribution in [0.5, 0.6) is 0 Å². The van der Waals surface area contributed by atoms with Gasteiger partial charge in [0.25, 0.3) is 5.91 Å². The molecule has 0 bridgehead atoms. The Morgan fingerprint density at radius 2 is 2.36 bits per heavy atom. The van der Waals surface area contributed by atoms with E-state index in [1.807, 2.05) is 5.32 Å². The fourth-order valence-corrected chi connectivity index (χ4v) is 1.33. The van der Waals surface area contributed by atoms with Gasteiger partial charge in [-0.2, -0.15) is 0 Å². The van der Waals surface area contributed by atoms with Crippen molar-refractivity contribution in [3.8, 4) is 0 Å². The Kier molecular flexibility index (Phi) is 4.34. The minimum absolute atomic E-state index is 0.0578. The predicted octanol–water partition coefficient (Wildman–Crippen LogP) is -1.05. The topological polar surface area (TPSA) is 93.5 Å². The van der Waals surface area contributed by atoms with Crippen molar-refractivity contribution in [2.24, 2.45) is 5.73 Å². The van der Waals surface area contributed by atoms with Crippen molar-refractivity contribution < 1.29 is 14.3 Å². The van der Waals surface area contributed by atoms with Gasteiger partial charge in [-0.05, 0) is 19.4 Å². The zero-order chi connectivity index (χ0) is 10.4. The number of ether oxygens (including phenoxy) is 1. The van der Waals surface area contributed by atoms with Crippen molar-refractivity contribution >= 4 is 11.9 Å². The van der Waals surface area contributed by atoms with Crippen molar-refractivity contribution in [3.05, 3.63) is 0 Å². The second-order valence-electron chi connectivity index (χ2n) is 3.19. The maximum absolute atomic E-state index is 10.9. The smallest absolute Gasteiger partial charge is 0.318 e. The molecule has 0 aromatic heterocycles. The van der Waals surface area contributed by atoms with Crippen molar-refractivity contribution in [1.29, 1.82) is 0 Å². The molecule has 1 aliphatic rings. The number of imide groups is 1. The number of amides is 3. The molecule has 0 unspecified atom stereocenters. The number of carbonyl (C=O) groups excluding carboxylic acids is 2. The first-order chi connectivity index (χ1) is 6.68. The lowest BCUT2D eigenvalue weighted by molar-refractivity contribution is -0.126. The molecule has 0 radical (unpaired) electrons. The first-order valence-corrected chi connectivity index (χ1v) is 4.60. The van der Waals surface area contributed by atoms with Crippen LogP contribution in [0.15, 0.2) is 0 Å². The second kappa shape index (κ2) is 5.56. The molecule has 4 N–H and O–H groups in total.